The van der Waals surface area contributed by atoms with Gasteiger partial charge in [-0.15, -0.1) is 21.5 Å². The van der Waals surface area contributed by atoms with Gasteiger partial charge in [-0.25, -0.2) is 19.6 Å². The van der Waals surface area contributed by atoms with Gasteiger partial charge in [0.05, 0.1) is 37.4 Å². The molecule has 0 bridgehead atoms. The van der Waals surface area contributed by atoms with Crippen molar-refractivity contribution in [3.05, 3.63) is 56.7 Å². The van der Waals surface area contributed by atoms with E-state index < -0.39 is 18.2 Å². The van der Waals surface area contributed by atoms with Gasteiger partial charge in [-0.2, -0.15) is 5.21 Å². The van der Waals surface area contributed by atoms with Crippen molar-refractivity contribution in [3.8, 4) is 0 Å². The number of alkyl carbamates (subject to hydrolysis) is 1. The SMILES string of the molecule is CC[N+]1(CC(=O)O)CCC[C@H]1CNC(=O)O[C@@H]1CCCN(c2nc3cc(C(=O)Nc4nc(C(C)(C)C)cs4)ccn3c(=O)c2/C=C/c2nn[nH]n2)C1. The number of rotatable bonds is 11. The Morgan fingerprint density at radius 1 is 1.19 bits per heavy atom. The largest absolute Gasteiger partial charge is 0.477 e. The number of likely N-dealkylation sites (tertiary alicyclic amines) is 1. The number of carbonyl (C=O) groups is 3. The van der Waals surface area contributed by atoms with Gasteiger partial charge in [-0.05, 0) is 49.3 Å². The lowest BCUT2D eigenvalue weighted by Crippen LogP contribution is -2.57. The van der Waals surface area contributed by atoms with Gasteiger partial charge < -0.3 is 24.5 Å². The number of aliphatic carboxylic acids is 1. The molecule has 0 radical (unpaired) electrons. The number of pyridine rings is 1. The molecule has 2 fully saturated rings. The fraction of sp³-hybridized carbons (Fsp3) is 0.500. The zero-order valence-electron chi connectivity index (χ0n) is 29.7. The number of aromatic amines is 1. The highest BCUT2D eigenvalue weighted by Gasteiger charge is 2.42. The molecule has 2 aliphatic rings. The number of aromatic nitrogens is 7. The van der Waals surface area contributed by atoms with E-state index in [-0.39, 0.29) is 53.0 Å². The van der Waals surface area contributed by atoms with Crippen LogP contribution in [0.25, 0.3) is 17.8 Å². The number of H-pyrrole nitrogens is 1. The summed E-state index contributed by atoms with van der Waals surface area (Å²) in [6.07, 6.45) is 6.57. The van der Waals surface area contributed by atoms with Gasteiger partial charge in [-0.3, -0.25) is 19.3 Å². The maximum atomic E-state index is 14.0. The molecule has 2 saturated heterocycles. The number of likely N-dealkylation sites (N-methyl/N-ethyl adjacent to an activating group) is 1. The molecule has 4 aromatic rings. The molecular formula is C34H44N11O6S+. The lowest BCUT2D eigenvalue weighted by atomic mass is 9.93. The second-order valence-electron chi connectivity index (χ2n) is 14.2. The summed E-state index contributed by atoms with van der Waals surface area (Å²) in [4.78, 5) is 63.2. The smallest absolute Gasteiger partial charge is 0.407 e. The third-order valence-electron chi connectivity index (χ3n) is 9.79. The van der Waals surface area contributed by atoms with Gasteiger partial charge in [0.15, 0.2) is 17.5 Å². The monoisotopic (exact) mass is 734 g/mol. The maximum absolute atomic E-state index is 14.0. The van der Waals surface area contributed by atoms with Crippen LogP contribution in [0.3, 0.4) is 0 Å². The predicted molar refractivity (Wildman–Crippen MR) is 194 cm³/mol. The first-order chi connectivity index (χ1) is 24.8. The van der Waals surface area contributed by atoms with Crippen LogP contribution >= 0.6 is 11.3 Å². The third-order valence-corrected chi connectivity index (χ3v) is 10.5. The molecule has 0 saturated carbocycles. The van der Waals surface area contributed by atoms with Gasteiger partial charge in [-0.1, -0.05) is 20.8 Å². The van der Waals surface area contributed by atoms with Crippen LogP contribution < -0.4 is 21.1 Å². The summed E-state index contributed by atoms with van der Waals surface area (Å²) in [6.45, 7) is 10.7. The van der Waals surface area contributed by atoms with Gasteiger partial charge in [0.1, 0.15) is 23.6 Å². The van der Waals surface area contributed by atoms with Crippen molar-refractivity contribution in [1.82, 2.24) is 40.3 Å². The predicted octanol–water partition coefficient (Wildman–Crippen LogP) is 3.16. The number of quaternary nitrogens is 1. The number of nitrogens with zero attached hydrogens (tertiary/aromatic N) is 8. The van der Waals surface area contributed by atoms with E-state index in [1.807, 2.05) is 38.0 Å². The number of hydrogen-bond acceptors (Lipinski definition) is 12. The molecule has 1 unspecified atom stereocenters. The molecule has 2 amide bonds. The van der Waals surface area contributed by atoms with Crippen molar-refractivity contribution in [2.75, 3.05) is 49.5 Å². The van der Waals surface area contributed by atoms with E-state index in [0.717, 1.165) is 25.1 Å². The Morgan fingerprint density at radius 2 is 2.02 bits per heavy atom. The second kappa shape index (κ2) is 15.2. The molecule has 4 aromatic heterocycles. The third kappa shape index (κ3) is 8.12. The first kappa shape index (κ1) is 36.6. The zero-order valence-corrected chi connectivity index (χ0v) is 30.5. The number of amides is 2. The topological polar surface area (TPSA) is 210 Å². The molecule has 4 N–H and O–H groups in total. The highest BCUT2D eigenvalue weighted by atomic mass is 32.1. The second-order valence-corrected chi connectivity index (χ2v) is 15.1. The molecule has 0 aliphatic carbocycles. The number of carbonyl (C=O) groups excluding carboxylic acids is 2. The van der Waals surface area contributed by atoms with Crippen molar-refractivity contribution in [2.45, 2.75) is 70.9 Å². The van der Waals surface area contributed by atoms with E-state index in [0.29, 0.717) is 53.5 Å². The number of piperidine rings is 1. The summed E-state index contributed by atoms with van der Waals surface area (Å²) in [5.41, 5.74) is 1.15. The lowest BCUT2D eigenvalue weighted by molar-refractivity contribution is -0.929. The van der Waals surface area contributed by atoms with Crippen LogP contribution in [0.4, 0.5) is 15.7 Å². The van der Waals surface area contributed by atoms with E-state index in [9.17, 15) is 24.3 Å². The number of ether oxygens (including phenoxy) is 1. The minimum Gasteiger partial charge on any atom is -0.477 e. The standard InChI is InChI=1S/C34H43N11O6S/c1-5-45(19-28(46)47)15-7-8-22(45)17-35-33(50)51-23-9-6-13-43(18-23)29-24(10-11-26-39-41-42-40-26)31(49)44-14-12-21(16-27(44)37-29)30(48)38-32-36-25(20-52-32)34(2,3)4/h10-12,14,16,20,22-23H,5-9,13,15,17-19H2,1-4H3,(H3-,35,36,38,39,40,41,42,46,47,48,50)/p+1/t22-,23+,45?/m0/s1. The quantitative estimate of drug-likeness (QED) is 0.164. The number of anilines is 2. The zero-order chi connectivity index (χ0) is 37.0. The fourth-order valence-electron chi connectivity index (χ4n) is 6.93. The first-order valence-corrected chi connectivity index (χ1v) is 18.3. The van der Waals surface area contributed by atoms with Crippen molar-refractivity contribution in [1.29, 1.82) is 0 Å². The first-order valence-electron chi connectivity index (χ1n) is 17.4. The highest BCUT2D eigenvalue weighted by molar-refractivity contribution is 7.14. The number of nitrogens with one attached hydrogen (secondary N) is 3. The minimum absolute atomic E-state index is 0.00524. The van der Waals surface area contributed by atoms with E-state index in [1.54, 1.807) is 24.3 Å². The summed E-state index contributed by atoms with van der Waals surface area (Å²) in [6, 6.07) is 3.10. The number of hydrogen-bond donors (Lipinski definition) is 4. The number of thiazole rings is 1. The summed E-state index contributed by atoms with van der Waals surface area (Å²) in [7, 11) is 0. The van der Waals surface area contributed by atoms with Crippen molar-refractivity contribution >= 4 is 58.1 Å². The summed E-state index contributed by atoms with van der Waals surface area (Å²) >= 11 is 1.34. The van der Waals surface area contributed by atoms with E-state index >= 15 is 0 Å². The number of fused-ring (bicyclic) bond motifs is 1. The molecule has 17 nitrogen and oxygen atoms in total. The van der Waals surface area contributed by atoms with Gasteiger partial charge in [0, 0.05) is 41.9 Å². The fourth-order valence-corrected chi connectivity index (χ4v) is 7.86. The van der Waals surface area contributed by atoms with Gasteiger partial charge in [0.2, 0.25) is 0 Å². The molecule has 0 spiro atoms. The molecule has 52 heavy (non-hydrogen) atoms. The van der Waals surface area contributed by atoms with Gasteiger partial charge >= 0.3 is 12.1 Å². The minimum atomic E-state index is -0.850. The van der Waals surface area contributed by atoms with Crippen LogP contribution in [0.5, 0.6) is 0 Å². The molecule has 6 rings (SSSR count). The molecule has 3 atom stereocenters. The molecule has 2 aliphatic heterocycles. The van der Waals surface area contributed by atoms with E-state index in [1.165, 1.54) is 21.9 Å². The molecule has 6 heterocycles. The van der Waals surface area contributed by atoms with Crippen LogP contribution in [0.2, 0.25) is 0 Å². The van der Waals surface area contributed by atoms with Crippen LogP contribution in [-0.2, 0) is 14.9 Å². The normalized spacial score (nSPS) is 20.7. The Kier molecular flexibility index (Phi) is 10.7. The molecule has 18 heteroatoms. The number of carboxylic acids is 1. The van der Waals surface area contributed by atoms with Crippen molar-refractivity contribution in [3.63, 3.8) is 0 Å². The molecule has 276 valence electrons. The van der Waals surface area contributed by atoms with Crippen molar-refractivity contribution < 1.29 is 28.7 Å². The summed E-state index contributed by atoms with van der Waals surface area (Å²) < 4.78 is 7.66. The van der Waals surface area contributed by atoms with Crippen molar-refractivity contribution in [2.24, 2.45) is 0 Å². The van der Waals surface area contributed by atoms with Gasteiger partial charge in [0.25, 0.3) is 11.5 Å². The number of carboxylic acid groups (broad SMARTS) is 1. The Hall–Kier alpha value is -5.23. The maximum Gasteiger partial charge on any atom is 0.407 e. The average molecular weight is 735 g/mol. The highest BCUT2D eigenvalue weighted by Crippen LogP contribution is 2.29. The molecule has 0 aromatic carbocycles. The van der Waals surface area contributed by atoms with E-state index in [4.69, 9.17) is 9.72 Å². The summed E-state index contributed by atoms with van der Waals surface area (Å²) in [5, 5.41) is 31.5. The Balaban J connectivity index is 1.22. The van der Waals surface area contributed by atoms with Crippen LogP contribution in [-0.4, -0.2) is 114 Å². The average Bonchev–Trinajstić information content (AvgIpc) is 3.89. The van der Waals surface area contributed by atoms with Crippen LogP contribution in [0.15, 0.2) is 28.5 Å². The lowest BCUT2D eigenvalue weighted by Gasteiger charge is -2.38. The van der Waals surface area contributed by atoms with Crippen LogP contribution in [0, 0.1) is 0 Å². The Labute approximate surface area is 303 Å². The van der Waals surface area contributed by atoms with E-state index in [2.05, 4.69) is 36.2 Å². The molecular weight excluding hydrogens is 691 g/mol. The summed E-state index contributed by atoms with van der Waals surface area (Å²) in [5.74, 6) is -0.610. The Bertz CT molecular complexity index is 2020. The van der Waals surface area contributed by atoms with Crippen LogP contribution in [0.1, 0.15) is 80.8 Å². The Morgan fingerprint density at radius 3 is 2.73 bits per heavy atom. The number of tetrazole rings is 1.